The number of benzene rings is 4. The summed E-state index contributed by atoms with van der Waals surface area (Å²) in [5.74, 6) is 1.75. The van der Waals surface area contributed by atoms with Crippen LogP contribution in [0, 0.1) is 0 Å². The maximum atomic E-state index is 6.21. The molecule has 0 unspecified atom stereocenters. The molecule has 6 nitrogen and oxygen atoms in total. The van der Waals surface area contributed by atoms with Crippen molar-refractivity contribution in [3.8, 4) is 17.0 Å². The van der Waals surface area contributed by atoms with Gasteiger partial charge in [-0.1, -0.05) is 91.0 Å². The molecular weight excluding hydrogens is 544 g/mol. The molecule has 1 fully saturated rings. The highest BCUT2D eigenvalue weighted by atomic mass is 16.5. The monoisotopic (exact) mass is 580 g/mol. The predicted octanol–water partition coefficient (Wildman–Crippen LogP) is 7.56. The third kappa shape index (κ3) is 5.01. The fourth-order valence-corrected chi connectivity index (χ4v) is 6.35. The lowest BCUT2D eigenvalue weighted by molar-refractivity contribution is 0.122. The highest BCUT2D eigenvalue weighted by molar-refractivity contribution is 5.95. The van der Waals surface area contributed by atoms with Crippen molar-refractivity contribution >= 4 is 16.7 Å². The van der Waals surface area contributed by atoms with E-state index in [1.54, 1.807) is 0 Å². The number of aromatic nitrogens is 3. The molecule has 0 radical (unpaired) electrons. The van der Waals surface area contributed by atoms with Gasteiger partial charge in [-0.2, -0.15) is 5.10 Å². The van der Waals surface area contributed by atoms with E-state index in [4.69, 9.17) is 19.6 Å². The van der Waals surface area contributed by atoms with E-state index in [2.05, 4.69) is 145 Å². The van der Waals surface area contributed by atoms with E-state index in [1.807, 2.05) is 6.20 Å². The maximum absolute atomic E-state index is 6.21. The lowest BCUT2D eigenvalue weighted by Crippen LogP contribution is -2.38. The van der Waals surface area contributed by atoms with Crippen LogP contribution in [0.3, 0.4) is 0 Å². The van der Waals surface area contributed by atoms with Crippen molar-refractivity contribution in [1.29, 1.82) is 0 Å². The second-order valence-electron chi connectivity index (χ2n) is 11.4. The molecule has 3 heterocycles. The van der Waals surface area contributed by atoms with Crippen molar-refractivity contribution in [3.63, 3.8) is 0 Å². The van der Waals surface area contributed by atoms with E-state index in [9.17, 15) is 0 Å². The van der Waals surface area contributed by atoms with Crippen molar-refractivity contribution in [2.24, 2.45) is 0 Å². The second-order valence-corrected chi connectivity index (χ2v) is 11.4. The average molecular weight is 581 g/mol. The van der Waals surface area contributed by atoms with Gasteiger partial charge in [0.15, 0.2) is 0 Å². The highest BCUT2D eigenvalue weighted by Crippen LogP contribution is 2.44. The molecule has 1 saturated heterocycles. The number of hydrogen-bond acceptors (Lipinski definition) is 5. The average Bonchev–Trinajstić information content (AvgIpc) is 3.46. The Morgan fingerprint density at radius 3 is 1.89 bits per heavy atom. The smallest absolute Gasteiger partial charge is 0.138 e. The Kier molecular flexibility index (Phi) is 7.59. The Labute approximate surface area is 258 Å². The first kappa shape index (κ1) is 27.9. The van der Waals surface area contributed by atoms with Gasteiger partial charge in [0.2, 0.25) is 0 Å². The molecule has 0 atom stereocenters. The molecule has 0 aliphatic carbocycles. The fourth-order valence-electron chi connectivity index (χ4n) is 6.35. The summed E-state index contributed by atoms with van der Waals surface area (Å²) in [5.41, 5.74) is 5.53. The molecule has 7 rings (SSSR count). The van der Waals surface area contributed by atoms with Gasteiger partial charge in [-0.3, -0.25) is 0 Å². The lowest BCUT2D eigenvalue weighted by atomic mass is 9.77. The molecule has 0 amide bonds. The Morgan fingerprint density at radius 2 is 1.32 bits per heavy atom. The van der Waals surface area contributed by atoms with E-state index < -0.39 is 5.54 Å². The third-order valence-electron chi connectivity index (χ3n) is 8.27. The minimum atomic E-state index is -0.749. The molecule has 2 aromatic heterocycles. The summed E-state index contributed by atoms with van der Waals surface area (Å²) < 4.78 is 14.0. The van der Waals surface area contributed by atoms with E-state index in [1.165, 1.54) is 0 Å². The van der Waals surface area contributed by atoms with Gasteiger partial charge in [-0.25, -0.2) is 9.67 Å². The highest BCUT2D eigenvalue weighted by Gasteiger charge is 2.41. The number of rotatable bonds is 8. The summed E-state index contributed by atoms with van der Waals surface area (Å²) in [7, 11) is 0. The minimum absolute atomic E-state index is 0.0526. The summed E-state index contributed by atoms with van der Waals surface area (Å²) in [5, 5.41) is 6.58. The molecular formula is C38H36N4O2. The number of fused-ring (bicyclic) bond motifs is 1. The molecule has 6 aromatic rings. The normalized spacial score (nSPS) is 13.8. The summed E-state index contributed by atoms with van der Waals surface area (Å²) in [4.78, 5) is 7.01. The number of anilines is 1. The summed E-state index contributed by atoms with van der Waals surface area (Å²) in [6.07, 6.45) is 1.94. The van der Waals surface area contributed by atoms with Crippen LogP contribution in [0.2, 0.25) is 0 Å². The van der Waals surface area contributed by atoms with Gasteiger partial charge >= 0.3 is 0 Å². The van der Waals surface area contributed by atoms with Gasteiger partial charge in [-0.05, 0) is 60.9 Å². The van der Waals surface area contributed by atoms with E-state index in [0.29, 0.717) is 13.2 Å². The summed E-state index contributed by atoms with van der Waals surface area (Å²) >= 11 is 0. The van der Waals surface area contributed by atoms with Gasteiger partial charge in [0, 0.05) is 30.2 Å². The van der Waals surface area contributed by atoms with Crippen molar-refractivity contribution in [3.05, 3.63) is 144 Å². The quantitative estimate of drug-likeness (QED) is 0.174. The first-order valence-corrected chi connectivity index (χ1v) is 15.3. The van der Waals surface area contributed by atoms with E-state index in [-0.39, 0.29) is 6.10 Å². The maximum Gasteiger partial charge on any atom is 0.138 e. The van der Waals surface area contributed by atoms with Gasteiger partial charge in [0.05, 0.1) is 24.8 Å². The van der Waals surface area contributed by atoms with Crippen LogP contribution in [0.15, 0.2) is 128 Å². The molecule has 4 aromatic carbocycles. The Morgan fingerprint density at radius 1 is 0.727 bits per heavy atom. The second kappa shape index (κ2) is 12.0. The van der Waals surface area contributed by atoms with E-state index in [0.717, 1.165) is 63.5 Å². The number of ether oxygens (including phenoxy) is 2. The lowest BCUT2D eigenvalue weighted by Gasteiger charge is -2.37. The third-order valence-corrected chi connectivity index (χ3v) is 8.27. The number of hydrogen-bond donors (Lipinski definition) is 0. The number of morpholine rings is 1. The zero-order chi connectivity index (χ0) is 29.9. The topological polar surface area (TPSA) is 52.4 Å². The van der Waals surface area contributed by atoms with Crippen molar-refractivity contribution < 1.29 is 9.47 Å². The molecule has 6 heteroatoms. The first-order chi connectivity index (χ1) is 21.6. The predicted molar refractivity (Wildman–Crippen MR) is 176 cm³/mol. The van der Waals surface area contributed by atoms with Crippen LogP contribution < -0.4 is 9.64 Å². The minimum Gasteiger partial charge on any atom is -0.491 e. The van der Waals surface area contributed by atoms with Crippen molar-refractivity contribution in [2.75, 3.05) is 31.2 Å². The largest absolute Gasteiger partial charge is 0.491 e. The molecule has 1 aliphatic rings. The van der Waals surface area contributed by atoms with Crippen molar-refractivity contribution in [2.45, 2.75) is 25.5 Å². The van der Waals surface area contributed by atoms with Crippen LogP contribution >= 0.6 is 0 Å². The van der Waals surface area contributed by atoms with Crippen LogP contribution in [-0.2, 0) is 10.3 Å². The Hall–Kier alpha value is -4.94. The first-order valence-electron chi connectivity index (χ1n) is 15.3. The number of pyridine rings is 1. The molecule has 0 bridgehead atoms. The zero-order valence-corrected chi connectivity index (χ0v) is 25.1. The standard InChI is InChI=1S/C38H36N4O2/c1-28(2)44-33-18-19-35-34(27-33)37(29-20-21-39-36(26-29)41-22-24-43-25-23-41)40-42(35)38(30-12-6-3-7-13-30,31-14-8-4-9-15-31)32-16-10-5-11-17-32/h3-21,26-28H,22-25H2,1-2H3. The molecule has 44 heavy (non-hydrogen) atoms. The number of nitrogens with zero attached hydrogens (tertiary/aromatic N) is 4. The summed E-state index contributed by atoms with van der Waals surface area (Å²) in [6.45, 7) is 7.14. The van der Waals surface area contributed by atoms with E-state index >= 15 is 0 Å². The van der Waals surface area contributed by atoms with Crippen LogP contribution in [0.5, 0.6) is 5.75 Å². The Balaban J connectivity index is 1.55. The van der Waals surface area contributed by atoms with Crippen molar-refractivity contribution in [1.82, 2.24) is 14.8 Å². The van der Waals surface area contributed by atoms with Crippen LogP contribution in [0.1, 0.15) is 30.5 Å². The van der Waals surface area contributed by atoms with Gasteiger partial charge in [0.25, 0.3) is 0 Å². The molecule has 0 N–H and O–H groups in total. The zero-order valence-electron chi connectivity index (χ0n) is 25.1. The van der Waals surface area contributed by atoms with Gasteiger partial charge in [0.1, 0.15) is 22.8 Å². The van der Waals surface area contributed by atoms with Crippen LogP contribution in [-0.4, -0.2) is 47.2 Å². The van der Waals surface area contributed by atoms with Gasteiger partial charge in [-0.15, -0.1) is 0 Å². The fraction of sp³-hybridized carbons (Fsp3) is 0.211. The molecule has 220 valence electrons. The van der Waals surface area contributed by atoms with Crippen LogP contribution in [0.25, 0.3) is 22.2 Å². The van der Waals surface area contributed by atoms with Gasteiger partial charge < -0.3 is 14.4 Å². The summed E-state index contributed by atoms with van der Waals surface area (Å²) in [6, 6.07) is 42.6. The van der Waals surface area contributed by atoms with Crippen LogP contribution in [0.4, 0.5) is 5.82 Å². The molecule has 0 saturated carbocycles. The SMILES string of the molecule is CC(C)Oc1ccc2c(c1)c(-c1ccnc(N3CCOCC3)c1)nn2C(c1ccccc1)(c1ccccc1)c1ccccc1. The Bertz CT molecular complexity index is 1750. The molecule has 0 spiro atoms. The molecule has 1 aliphatic heterocycles.